The van der Waals surface area contributed by atoms with Crippen molar-refractivity contribution in [3.8, 4) is 5.75 Å². The zero-order valence-electron chi connectivity index (χ0n) is 12.1. The monoisotopic (exact) mass is 426 g/mol. The average Bonchev–Trinajstić information content (AvgIpc) is 2.43. The number of carbonyl (C=O) groups excluding carboxylic acids is 2. The molecule has 3 N–H and O–H groups in total. The van der Waals surface area contributed by atoms with E-state index in [4.69, 9.17) is 4.74 Å². The van der Waals surface area contributed by atoms with Crippen molar-refractivity contribution >= 4 is 32.4 Å². The van der Waals surface area contributed by atoms with Gasteiger partial charge in [0.1, 0.15) is 11.9 Å². The molecule has 2 bridgehead atoms. The summed E-state index contributed by atoms with van der Waals surface area (Å²) in [5.74, 6) is 0.291. The van der Waals surface area contributed by atoms with Crippen LogP contribution in [0.15, 0.2) is 36.1 Å². The molecule has 6 nitrogen and oxygen atoms in total. The molecule has 0 spiro atoms. The summed E-state index contributed by atoms with van der Waals surface area (Å²) in [7, 11) is 0. The van der Waals surface area contributed by atoms with Gasteiger partial charge in [0.25, 0.3) is 9.82 Å². The van der Waals surface area contributed by atoms with Crippen LogP contribution in [0, 0.1) is 0 Å². The highest BCUT2D eigenvalue weighted by Crippen LogP contribution is 2.60. The van der Waals surface area contributed by atoms with E-state index < -0.39 is 6.10 Å². The Morgan fingerprint density at radius 3 is 2.52 bits per heavy atom. The number of nitrogens with one attached hydrogen (secondary N) is 2. The summed E-state index contributed by atoms with van der Waals surface area (Å²) in [4.78, 5) is 23.5. The van der Waals surface area contributed by atoms with Gasteiger partial charge in [-0.05, 0) is 31.4 Å². The molecule has 1 heterocycles. The van der Waals surface area contributed by atoms with Gasteiger partial charge in [-0.3, -0.25) is 9.59 Å². The number of fused-ring (bicyclic) bond motifs is 1. The van der Waals surface area contributed by atoms with E-state index in [1.54, 1.807) is 40.8 Å². The summed E-state index contributed by atoms with van der Waals surface area (Å²) >= 11 is 1.72. The molecule has 23 heavy (non-hydrogen) atoms. The third kappa shape index (κ3) is 2.42. The highest BCUT2D eigenvalue weighted by Gasteiger charge is 2.69. The summed E-state index contributed by atoms with van der Waals surface area (Å²) in [6.45, 7) is 0. The van der Waals surface area contributed by atoms with Crippen LogP contribution in [0.25, 0.3) is 0 Å². The van der Waals surface area contributed by atoms with Gasteiger partial charge >= 0.3 is 0 Å². The predicted octanol–water partition coefficient (Wildman–Crippen LogP) is 1.93. The second-order valence-corrected chi connectivity index (χ2v) is 7.54. The maximum atomic E-state index is 12.4. The Labute approximate surface area is 146 Å². The van der Waals surface area contributed by atoms with Crippen LogP contribution in [0.1, 0.15) is 30.9 Å². The van der Waals surface area contributed by atoms with E-state index in [2.05, 4.69) is 10.6 Å². The Morgan fingerprint density at radius 2 is 1.83 bits per heavy atom. The van der Waals surface area contributed by atoms with Crippen LogP contribution in [-0.4, -0.2) is 26.0 Å². The number of ether oxygens (including phenoxy) is 1. The zero-order chi connectivity index (χ0) is 16.2. The molecule has 2 amide bonds. The molecular weight excluding hydrogens is 411 g/mol. The summed E-state index contributed by atoms with van der Waals surface area (Å²) in [5, 5.41) is 16.0. The van der Waals surface area contributed by atoms with Crippen LogP contribution >= 0.6 is 22.6 Å². The molecule has 0 radical (unpaired) electrons. The number of hydrogen-bond acceptors (Lipinski definition) is 4. The van der Waals surface area contributed by atoms with Crippen molar-refractivity contribution in [2.24, 2.45) is 0 Å². The lowest BCUT2D eigenvalue weighted by molar-refractivity contribution is -0.137. The molecule has 4 aliphatic rings. The third-order valence-electron chi connectivity index (χ3n) is 4.76. The van der Waals surface area contributed by atoms with Crippen LogP contribution in [0.3, 0.4) is 0 Å². The first kappa shape index (κ1) is 14.9. The van der Waals surface area contributed by atoms with Crippen LogP contribution < -0.4 is 15.4 Å². The first-order valence-electron chi connectivity index (χ1n) is 7.37. The first-order chi connectivity index (χ1) is 10.9. The summed E-state index contributed by atoms with van der Waals surface area (Å²) in [6.07, 6.45) is 2.80. The van der Waals surface area contributed by atoms with Crippen LogP contribution in [0.2, 0.25) is 0 Å². The lowest BCUT2D eigenvalue weighted by atomic mass is 9.44. The van der Waals surface area contributed by atoms with E-state index in [9.17, 15) is 14.7 Å². The van der Waals surface area contributed by atoms with Crippen molar-refractivity contribution < 1.29 is 19.4 Å². The molecule has 1 aromatic rings. The van der Waals surface area contributed by atoms with Crippen molar-refractivity contribution in [1.82, 2.24) is 10.6 Å². The molecule has 1 atom stereocenters. The smallest absolute Gasteiger partial charge is 0.287 e. The van der Waals surface area contributed by atoms with Crippen molar-refractivity contribution in [1.29, 1.82) is 0 Å². The Kier molecular flexibility index (Phi) is 3.21. The fourth-order valence-corrected chi connectivity index (χ4v) is 4.46. The zero-order valence-corrected chi connectivity index (χ0v) is 14.3. The van der Waals surface area contributed by atoms with E-state index in [0.29, 0.717) is 11.3 Å². The number of aliphatic hydroxyl groups is 1. The minimum absolute atomic E-state index is 0.0692. The summed E-state index contributed by atoms with van der Waals surface area (Å²) in [6, 6.07) is 7.10. The largest absolute Gasteiger partial charge is 0.451 e. The highest BCUT2D eigenvalue weighted by atomic mass is 127. The van der Waals surface area contributed by atoms with E-state index in [0.717, 1.165) is 19.3 Å². The molecule has 1 unspecified atom stereocenters. The molecule has 3 fully saturated rings. The van der Waals surface area contributed by atoms with E-state index in [-0.39, 0.29) is 26.7 Å². The van der Waals surface area contributed by atoms with E-state index in [1.165, 1.54) is 6.08 Å². The number of para-hydroxylation sites is 1. The number of halogens is 1. The molecule has 0 saturated heterocycles. The SMILES string of the molecule is O=C(I)NC12CC(NC(=O)C3=CC(O)c4ccccc4O3)(C1)C2. The Balaban J connectivity index is 1.42. The van der Waals surface area contributed by atoms with E-state index >= 15 is 0 Å². The minimum atomic E-state index is -0.849. The molecule has 0 aromatic heterocycles. The van der Waals surface area contributed by atoms with Gasteiger partial charge in [-0.15, -0.1) is 0 Å². The van der Waals surface area contributed by atoms with Gasteiger partial charge in [0.05, 0.1) is 0 Å². The molecule has 1 aliphatic heterocycles. The number of hydrogen-bond donors (Lipinski definition) is 3. The third-order valence-corrected chi connectivity index (χ3v) is 5.03. The van der Waals surface area contributed by atoms with Crippen LogP contribution in [0.5, 0.6) is 5.75 Å². The van der Waals surface area contributed by atoms with Gasteiger partial charge in [0.15, 0.2) is 5.76 Å². The molecule has 3 aliphatic carbocycles. The number of carbonyl (C=O) groups is 2. The molecule has 5 rings (SSSR count). The Morgan fingerprint density at radius 1 is 1.17 bits per heavy atom. The molecular formula is C16H15IN2O4. The van der Waals surface area contributed by atoms with Gasteiger partial charge in [-0.1, -0.05) is 18.2 Å². The van der Waals surface area contributed by atoms with Crippen molar-refractivity contribution in [3.05, 3.63) is 41.7 Å². The standard InChI is InChI=1S/C16H15IN2O4/c17-14(22)19-16-6-15(7-16,8-16)18-13(21)12-5-10(20)9-3-1-2-4-11(9)23-12/h1-5,10,20H,6-8H2,(H,18,21)(H,19,22). The lowest BCUT2D eigenvalue weighted by Crippen LogP contribution is -2.83. The van der Waals surface area contributed by atoms with Gasteiger partial charge in [0.2, 0.25) is 0 Å². The van der Waals surface area contributed by atoms with Gasteiger partial charge in [-0.25, -0.2) is 0 Å². The second kappa shape index (κ2) is 4.94. The normalized spacial score (nSPS) is 33.1. The van der Waals surface area contributed by atoms with Crippen molar-refractivity contribution in [2.75, 3.05) is 0 Å². The number of amides is 2. The van der Waals surface area contributed by atoms with Gasteiger partial charge < -0.3 is 20.5 Å². The second-order valence-electron chi connectivity index (χ2n) is 6.56. The van der Waals surface area contributed by atoms with Crippen molar-refractivity contribution in [2.45, 2.75) is 36.4 Å². The van der Waals surface area contributed by atoms with Crippen LogP contribution in [0.4, 0.5) is 4.79 Å². The molecule has 7 heteroatoms. The summed E-state index contributed by atoms with van der Waals surface area (Å²) in [5.41, 5.74) is 0.264. The van der Waals surface area contributed by atoms with Crippen LogP contribution in [-0.2, 0) is 4.79 Å². The molecule has 3 saturated carbocycles. The Bertz CT molecular complexity index is 726. The number of rotatable bonds is 3. The predicted molar refractivity (Wildman–Crippen MR) is 90.1 cm³/mol. The average molecular weight is 426 g/mol. The van der Waals surface area contributed by atoms with Crippen molar-refractivity contribution in [3.63, 3.8) is 0 Å². The lowest BCUT2D eigenvalue weighted by Gasteiger charge is -2.70. The van der Waals surface area contributed by atoms with Gasteiger partial charge in [-0.2, -0.15) is 0 Å². The number of benzene rings is 1. The summed E-state index contributed by atoms with van der Waals surface area (Å²) < 4.78 is 5.53. The maximum absolute atomic E-state index is 12.4. The molecule has 120 valence electrons. The number of aliphatic hydroxyl groups excluding tert-OH is 1. The topological polar surface area (TPSA) is 87.7 Å². The first-order valence-corrected chi connectivity index (χ1v) is 8.45. The molecule has 1 aromatic carbocycles. The maximum Gasteiger partial charge on any atom is 0.287 e. The highest BCUT2D eigenvalue weighted by molar-refractivity contribution is 14.1. The Hall–Kier alpha value is -1.61. The fraction of sp³-hybridized carbons (Fsp3) is 0.375. The van der Waals surface area contributed by atoms with Gasteiger partial charge in [0, 0.05) is 39.2 Å². The quantitative estimate of drug-likeness (QED) is 0.392. The fourth-order valence-electron chi connectivity index (χ4n) is 3.89. The van der Waals surface area contributed by atoms with E-state index in [1.807, 2.05) is 6.07 Å². The minimum Gasteiger partial charge on any atom is -0.451 e.